The van der Waals surface area contributed by atoms with Gasteiger partial charge in [0, 0.05) is 36.3 Å². The fourth-order valence-corrected chi connectivity index (χ4v) is 3.82. The van der Waals surface area contributed by atoms with E-state index in [0.717, 1.165) is 36.4 Å². The van der Waals surface area contributed by atoms with Gasteiger partial charge in [-0.2, -0.15) is 13.2 Å². The van der Waals surface area contributed by atoms with E-state index in [0.29, 0.717) is 13.1 Å². The Kier molecular flexibility index (Phi) is 5.51. The van der Waals surface area contributed by atoms with Crippen LogP contribution in [0.5, 0.6) is 0 Å². The van der Waals surface area contributed by atoms with Crippen LogP contribution in [-0.4, -0.2) is 38.5 Å². The molecule has 30 heavy (non-hydrogen) atoms. The molecule has 1 aliphatic rings. The van der Waals surface area contributed by atoms with E-state index in [1.807, 2.05) is 28.8 Å². The molecule has 3 aromatic rings. The highest BCUT2D eigenvalue weighted by atomic mass is 35.5. The van der Waals surface area contributed by atoms with Crippen LogP contribution in [0, 0.1) is 0 Å². The first kappa shape index (κ1) is 20.4. The van der Waals surface area contributed by atoms with Crippen LogP contribution in [0.1, 0.15) is 35.7 Å². The summed E-state index contributed by atoms with van der Waals surface area (Å²) < 4.78 is 40.7. The number of likely N-dealkylation sites (tertiary alicyclic amines) is 1. The second-order valence-electron chi connectivity index (χ2n) is 7.18. The van der Waals surface area contributed by atoms with Crippen molar-refractivity contribution in [3.8, 4) is 0 Å². The highest BCUT2D eigenvalue weighted by Gasteiger charge is 2.31. The molecule has 0 N–H and O–H groups in total. The summed E-state index contributed by atoms with van der Waals surface area (Å²) in [6, 6.07) is 8.68. The zero-order valence-corrected chi connectivity index (χ0v) is 16.6. The third-order valence-electron chi connectivity index (χ3n) is 5.17. The maximum absolute atomic E-state index is 12.9. The SMILES string of the molecule is O=C(/C=C/c1cc(C(F)(F)F)ccc1Cl)N1CCCC(c2nnc3ccccn23)C1. The zero-order chi connectivity index (χ0) is 21.3. The minimum atomic E-state index is -4.47. The van der Waals surface area contributed by atoms with Crippen molar-refractivity contribution in [1.29, 1.82) is 0 Å². The highest BCUT2D eigenvalue weighted by Crippen LogP contribution is 2.32. The number of fused-ring (bicyclic) bond motifs is 1. The number of pyridine rings is 1. The van der Waals surface area contributed by atoms with Gasteiger partial charge < -0.3 is 4.90 Å². The normalized spacial score (nSPS) is 17.7. The molecule has 9 heteroatoms. The Morgan fingerprint density at radius 1 is 1.20 bits per heavy atom. The molecule has 1 unspecified atom stereocenters. The maximum Gasteiger partial charge on any atom is 0.416 e. The van der Waals surface area contributed by atoms with Crippen LogP contribution in [0.15, 0.2) is 48.7 Å². The van der Waals surface area contributed by atoms with Gasteiger partial charge in [-0.3, -0.25) is 9.20 Å². The summed E-state index contributed by atoms with van der Waals surface area (Å²) in [4.78, 5) is 14.4. The topological polar surface area (TPSA) is 50.5 Å². The number of benzene rings is 1. The summed E-state index contributed by atoms with van der Waals surface area (Å²) in [7, 11) is 0. The summed E-state index contributed by atoms with van der Waals surface area (Å²) in [5.41, 5.74) is 0.0857. The lowest BCUT2D eigenvalue weighted by Gasteiger charge is -2.31. The molecule has 3 heterocycles. The molecule has 4 rings (SSSR count). The molecule has 0 spiro atoms. The number of amides is 1. The molecule has 1 amide bonds. The first-order valence-corrected chi connectivity index (χ1v) is 9.84. The highest BCUT2D eigenvalue weighted by molar-refractivity contribution is 6.32. The van der Waals surface area contributed by atoms with Crippen LogP contribution in [0.3, 0.4) is 0 Å². The number of carbonyl (C=O) groups excluding carboxylic acids is 1. The molecule has 2 aromatic heterocycles. The number of piperidine rings is 1. The molecule has 0 saturated carbocycles. The fraction of sp³-hybridized carbons (Fsp3) is 0.286. The van der Waals surface area contributed by atoms with E-state index in [9.17, 15) is 18.0 Å². The van der Waals surface area contributed by atoms with Crippen molar-refractivity contribution in [3.63, 3.8) is 0 Å². The van der Waals surface area contributed by atoms with Crippen molar-refractivity contribution in [3.05, 3.63) is 70.6 Å². The maximum atomic E-state index is 12.9. The summed E-state index contributed by atoms with van der Waals surface area (Å²) in [6.45, 7) is 1.04. The van der Waals surface area contributed by atoms with Gasteiger partial charge in [-0.25, -0.2) is 0 Å². The van der Waals surface area contributed by atoms with Crippen molar-refractivity contribution < 1.29 is 18.0 Å². The van der Waals surface area contributed by atoms with Gasteiger partial charge >= 0.3 is 6.18 Å². The molecule has 0 radical (unpaired) electrons. The molecule has 1 atom stereocenters. The Bertz CT molecular complexity index is 1110. The predicted molar refractivity (Wildman–Crippen MR) is 107 cm³/mol. The summed E-state index contributed by atoms with van der Waals surface area (Å²) in [6.07, 6.45) is 1.69. The molecule has 1 fully saturated rings. The number of hydrogen-bond acceptors (Lipinski definition) is 3. The molecule has 156 valence electrons. The first-order chi connectivity index (χ1) is 14.3. The van der Waals surface area contributed by atoms with Gasteiger partial charge in [-0.05, 0) is 54.8 Å². The summed E-state index contributed by atoms with van der Waals surface area (Å²) in [5, 5.41) is 8.60. The molecular formula is C21H18ClF3N4O. The Balaban J connectivity index is 1.50. The van der Waals surface area contributed by atoms with Crippen LogP contribution in [0.2, 0.25) is 5.02 Å². The summed E-state index contributed by atoms with van der Waals surface area (Å²) in [5.74, 6) is 0.556. The second-order valence-corrected chi connectivity index (χ2v) is 7.59. The number of carbonyl (C=O) groups is 1. The van der Waals surface area contributed by atoms with E-state index < -0.39 is 11.7 Å². The fourth-order valence-electron chi connectivity index (χ4n) is 3.64. The van der Waals surface area contributed by atoms with Crippen molar-refractivity contribution in [2.75, 3.05) is 13.1 Å². The third-order valence-corrected chi connectivity index (χ3v) is 5.51. The van der Waals surface area contributed by atoms with E-state index >= 15 is 0 Å². The van der Waals surface area contributed by atoms with Crippen molar-refractivity contribution in [2.24, 2.45) is 0 Å². The van der Waals surface area contributed by atoms with Crippen molar-refractivity contribution in [1.82, 2.24) is 19.5 Å². The summed E-state index contributed by atoms with van der Waals surface area (Å²) >= 11 is 6.00. The Labute approximate surface area is 175 Å². The van der Waals surface area contributed by atoms with Crippen LogP contribution in [0.4, 0.5) is 13.2 Å². The number of hydrogen-bond donors (Lipinski definition) is 0. The minimum Gasteiger partial charge on any atom is -0.338 e. The second kappa shape index (κ2) is 8.10. The van der Waals surface area contributed by atoms with Crippen LogP contribution >= 0.6 is 11.6 Å². The van der Waals surface area contributed by atoms with Crippen molar-refractivity contribution in [2.45, 2.75) is 24.9 Å². The zero-order valence-electron chi connectivity index (χ0n) is 15.8. The smallest absolute Gasteiger partial charge is 0.338 e. The lowest BCUT2D eigenvalue weighted by atomic mass is 9.97. The molecule has 1 aliphatic heterocycles. The number of alkyl halides is 3. The van der Waals surface area contributed by atoms with E-state index in [1.165, 1.54) is 18.2 Å². The van der Waals surface area contributed by atoms with E-state index in [1.54, 1.807) is 4.90 Å². The molecule has 1 saturated heterocycles. The molecule has 1 aromatic carbocycles. The predicted octanol–water partition coefficient (Wildman–Crippen LogP) is 4.82. The van der Waals surface area contributed by atoms with Gasteiger partial charge in [0.2, 0.25) is 5.91 Å². The number of halogens is 4. The van der Waals surface area contributed by atoms with Gasteiger partial charge in [-0.15, -0.1) is 10.2 Å². The number of aromatic nitrogens is 3. The van der Waals surface area contributed by atoms with Gasteiger partial charge in [0.15, 0.2) is 5.65 Å². The Hall–Kier alpha value is -2.87. The molecule has 0 aliphatic carbocycles. The van der Waals surface area contributed by atoms with Gasteiger partial charge in [0.25, 0.3) is 0 Å². The average molecular weight is 435 g/mol. The van der Waals surface area contributed by atoms with Gasteiger partial charge in [0.05, 0.1) is 5.56 Å². The number of rotatable bonds is 3. The standard InChI is InChI=1S/C21H18ClF3N4O/c22-17-8-7-16(21(23,24)25)12-14(17)6-9-19(30)28-10-3-4-15(13-28)20-27-26-18-5-1-2-11-29(18)20/h1-2,5-9,11-12,15H,3-4,10,13H2/b9-6+. The van der Waals surface area contributed by atoms with Crippen LogP contribution in [0.25, 0.3) is 11.7 Å². The monoisotopic (exact) mass is 434 g/mol. The van der Waals surface area contributed by atoms with E-state index in [4.69, 9.17) is 11.6 Å². The van der Waals surface area contributed by atoms with E-state index in [2.05, 4.69) is 10.2 Å². The quantitative estimate of drug-likeness (QED) is 0.555. The lowest BCUT2D eigenvalue weighted by Crippen LogP contribution is -2.38. The molecular weight excluding hydrogens is 417 g/mol. The van der Waals surface area contributed by atoms with Crippen LogP contribution in [-0.2, 0) is 11.0 Å². The Morgan fingerprint density at radius 3 is 2.83 bits per heavy atom. The Morgan fingerprint density at radius 2 is 2.03 bits per heavy atom. The third kappa shape index (κ3) is 4.18. The first-order valence-electron chi connectivity index (χ1n) is 9.46. The molecule has 0 bridgehead atoms. The van der Waals surface area contributed by atoms with Crippen LogP contribution < -0.4 is 0 Å². The number of nitrogens with zero attached hydrogens (tertiary/aromatic N) is 4. The largest absolute Gasteiger partial charge is 0.416 e. The van der Waals surface area contributed by atoms with Crippen molar-refractivity contribution >= 4 is 29.2 Å². The lowest BCUT2D eigenvalue weighted by molar-refractivity contribution is -0.137. The van der Waals surface area contributed by atoms with Gasteiger partial charge in [0.1, 0.15) is 5.82 Å². The minimum absolute atomic E-state index is 0.0330. The molecule has 5 nitrogen and oxygen atoms in total. The van der Waals surface area contributed by atoms with Gasteiger partial charge in [-0.1, -0.05) is 17.7 Å². The van der Waals surface area contributed by atoms with E-state index in [-0.39, 0.29) is 22.4 Å². The average Bonchev–Trinajstić information content (AvgIpc) is 3.16.